The molecule has 0 aromatic carbocycles. The van der Waals surface area contributed by atoms with Crippen LogP contribution in [0.25, 0.3) is 0 Å². The molecule has 0 spiro atoms. The summed E-state index contributed by atoms with van der Waals surface area (Å²) < 4.78 is 0. The molecule has 5 nitrogen and oxygen atoms in total. The molecule has 3 heterocycles. The normalized spacial score (nSPS) is 17.9. The van der Waals surface area contributed by atoms with Crippen LogP contribution in [-0.2, 0) is 6.42 Å². The number of carbonyl (C=O) groups is 1. The van der Waals surface area contributed by atoms with Crippen LogP contribution in [0.4, 0.5) is 5.82 Å². The van der Waals surface area contributed by atoms with Gasteiger partial charge in [0.05, 0.1) is 5.56 Å². The van der Waals surface area contributed by atoms with E-state index >= 15 is 0 Å². The minimum absolute atomic E-state index is 0.0585. The average Bonchev–Trinajstić information content (AvgIpc) is 2.61. The molecule has 0 bridgehead atoms. The van der Waals surface area contributed by atoms with E-state index in [0.717, 1.165) is 37.9 Å². The Kier molecular flexibility index (Phi) is 4.86. The molecule has 0 aliphatic carbocycles. The highest BCUT2D eigenvalue weighted by atomic mass is 16.2. The van der Waals surface area contributed by atoms with Gasteiger partial charge in [-0.25, -0.2) is 4.98 Å². The predicted octanol–water partition coefficient (Wildman–Crippen LogP) is 2.69. The van der Waals surface area contributed by atoms with Crippen molar-refractivity contribution in [3.05, 3.63) is 54.0 Å². The van der Waals surface area contributed by atoms with Gasteiger partial charge in [-0.15, -0.1) is 0 Å². The zero-order valence-electron chi connectivity index (χ0n) is 13.2. The summed E-state index contributed by atoms with van der Waals surface area (Å²) in [7, 11) is 0. The van der Waals surface area contributed by atoms with Crippen molar-refractivity contribution in [2.75, 3.05) is 12.3 Å². The molecule has 1 saturated heterocycles. The number of pyridine rings is 2. The minimum Gasteiger partial charge on any atom is -0.384 e. The third kappa shape index (κ3) is 3.86. The van der Waals surface area contributed by atoms with Crippen molar-refractivity contribution in [3.63, 3.8) is 0 Å². The Balaban J connectivity index is 1.68. The molecule has 23 heavy (non-hydrogen) atoms. The molecule has 0 saturated carbocycles. The Morgan fingerprint density at radius 2 is 2.13 bits per heavy atom. The van der Waals surface area contributed by atoms with Gasteiger partial charge < -0.3 is 10.6 Å². The second-order valence-corrected chi connectivity index (χ2v) is 5.98. The fourth-order valence-electron chi connectivity index (χ4n) is 3.13. The second kappa shape index (κ2) is 7.22. The van der Waals surface area contributed by atoms with Crippen LogP contribution in [0.3, 0.4) is 0 Å². The van der Waals surface area contributed by atoms with Crippen LogP contribution in [0.1, 0.15) is 41.7 Å². The summed E-state index contributed by atoms with van der Waals surface area (Å²) in [5, 5.41) is 0. The van der Waals surface area contributed by atoms with Crippen LogP contribution in [0.5, 0.6) is 0 Å². The first-order valence-corrected chi connectivity index (χ1v) is 8.16. The van der Waals surface area contributed by atoms with E-state index in [2.05, 4.69) is 9.97 Å². The Bertz CT molecular complexity index is 642. The highest BCUT2D eigenvalue weighted by Gasteiger charge is 2.27. The van der Waals surface area contributed by atoms with Crippen LogP contribution < -0.4 is 5.73 Å². The topological polar surface area (TPSA) is 72.1 Å². The number of piperidine rings is 1. The second-order valence-electron chi connectivity index (χ2n) is 5.98. The number of hydrogen-bond acceptors (Lipinski definition) is 4. The third-order valence-corrected chi connectivity index (χ3v) is 4.38. The molecular formula is C18H22N4O. The van der Waals surface area contributed by atoms with Crippen LogP contribution in [0.15, 0.2) is 42.7 Å². The number of aryl methyl sites for hydroxylation is 1. The van der Waals surface area contributed by atoms with E-state index in [1.54, 1.807) is 18.3 Å². The molecule has 120 valence electrons. The number of amides is 1. The van der Waals surface area contributed by atoms with Crippen LogP contribution in [0, 0.1) is 0 Å². The van der Waals surface area contributed by atoms with Gasteiger partial charge in [0.2, 0.25) is 0 Å². The quantitative estimate of drug-likeness (QED) is 0.942. The molecule has 2 aromatic rings. The molecule has 1 atom stereocenters. The fraction of sp³-hybridized carbons (Fsp3) is 0.389. The number of nitrogen functional groups attached to an aromatic ring is 1. The fourth-order valence-corrected chi connectivity index (χ4v) is 3.13. The lowest BCUT2D eigenvalue weighted by Gasteiger charge is -2.36. The Labute approximate surface area is 136 Å². The summed E-state index contributed by atoms with van der Waals surface area (Å²) in [6.07, 6.45) is 8.54. The number of rotatable bonds is 4. The van der Waals surface area contributed by atoms with Crippen molar-refractivity contribution in [2.24, 2.45) is 0 Å². The maximum atomic E-state index is 12.8. The average molecular weight is 310 g/mol. The Hall–Kier alpha value is -2.43. The number of carbonyl (C=O) groups excluding carboxylic acids is 1. The number of likely N-dealkylation sites (tertiary alicyclic amines) is 1. The van der Waals surface area contributed by atoms with Crippen molar-refractivity contribution in [1.29, 1.82) is 0 Å². The lowest BCUT2D eigenvalue weighted by atomic mass is 9.96. The standard InChI is InChI=1S/C18H22N4O/c19-17-10-7-14(13-21-17)18(23)22-12-4-2-6-16(22)9-8-15-5-1-3-11-20-15/h1,3,5,7,10-11,13,16H,2,4,6,8-9,12H2,(H2,19,21)/t16-/m0/s1. The SMILES string of the molecule is Nc1ccc(C(=O)N2CCCC[C@H]2CCc2ccccn2)cn1. The van der Waals surface area contributed by atoms with E-state index in [4.69, 9.17) is 5.73 Å². The highest BCUT2D eigenvalue weighted by Crippen LogP contribution is 2.23. The zero-order chi connectivity index (χ0) is 16.1. The molecule has 1 amide bonds. The van der Waals surface area contributed by atoms with Crippen molar-refractivity contribution in [2.45, 2.75) is 38.1 Å². The van der Waals surface area contributed by atoms with Gasteiger partial charge in [-0.2, -0.15) is 0 Å². The first-order valence-electron chi connectivity index (χ1n) is 8.16. The van der Waals surface area contributed by atoms with E-state index in [1.807, 2.05) is 29.3 Å². The first-order chi connectivity index (χ1) is 11.2. The van der Waals surface area contributed by atoms with Gasteiger partial charge in [0.15, 0.2) is 0 Å². The molecule has 0 unspecified atom stereocenters. The summed E-state index contributed by atoms with van der Waals surface area (Å²) >= 11 is 0. The third-order valence-electron chi connectivity index (χ3n) is 4.38. The van der Waals surface area contributed by atoms with Crippen LogP contribution >= 0.6 is 0 Å². The monoisotopic (exact) mass is 310 g/mol. The number of anilines is 1. The first kappa shape index (κ1) is 15.5. The van der Waals surface area contributed by atoms with Crippen molar-refractivity contribution < 1.29 is 4.79 Å². The molecule has 3 rings (SSSR count). The van der Waals surface area contributed by atoms with Gasteiger partial charge in [-0.3, -0.25) is 9.78 Å². The Morgan fingerprint density at radius 3 is 2.87 bits per heavy atom. The molecule has 1 aliphatic rings. The van der Waals surface area contributed by atoms with Gasteiger partial charge >= 0.3 is 0 Å². The van der Waals surface area contributed by atoms with Crippen molar-refractivity contribution >= 4 is 11.7 Å². The van der Waals surface area contributed by atoms with Crippen molar-refractivity contribution in [1.82, 2.24) is 14.9 Å². The molecule has 1 fully saturated rings. The summed E-state index contributed by atoms with van der Waals surface area (Å²) in [4.78, 5) is 23.2. The molecule has 1 aliphatic heterocycles. The number of hydrogen-bond donors (Lipinski definition) is 1. The zero-order valence-corrected chi connectivity index (χ0v) is 13.2. The summed E-state index contributed by atoms with van der Waals surface area (Å²) in [6, 6.07) is 9.68. The minimum atomic E-state index is 0.0585. The van der Waals surface area contributed by atoms with Gasteiger partial charge in [0.25, 0.3) is 5.91 Å². The van der Waals surface area contributed by atoms with Crippen LogP contribution in [0.2, 0.25) is 0 Å². The molecule has 2 N–H and O–H groups in total. The van der Waals surface area contributed by atoms with E-state index in [9.17, 15) is 4.79 Å². The lowest BCUT2D eigenvalue weighted by molar-refractivity contribution is 0.0601. The summed E-state index contributed by atoms with van der Waals surface area (Å²) in [5.74, 6) is 0.495. The predicted molar refractivity (Wildman–Crippen MR) is 89.9 cm³/mol. The maximum absolute atomic E-state index is 12.8. The summed E-state index contributed by atoms with van der Waals surface area (Å²) in [5.41, 5.74) is 7.30. The molecule has 5 heteroatoms. The molecule has 0 radical (unpaired) electrons. The lowest BCUT2D eigenvalue weighted by Crippen LogP contribution is -2.44. The van der Waals surface area contributed by atoms with Gasteiger partial charge in [-0.05, 0) is 56.4 Å². The smallest absolute Gasteiger partial charge is 0.255 e. The summed E-state index contributed by atoms with van der Waals surface area (Å²) in [6.45, 7) is 0.816. The maximum Gasteiger partial charge on any atom is 0.255 e. The van der Waals surface area contributed by atoms with E-state index in [-0.39, 0.29) is 11.9 Å². The van der Waals surface area contributed by atoms with Gasteiger partial charge in [0.1, 0.15) is 5.82 Å². The van der Waals surface area contributed by atoms with E-state index in [1.165, 1.54) is 6.42 Å². The van der Waals surface area contributed by atoms with E-state index < -0.39 is 0 Å². The largest absolute Gasteiger partial charge is 0.384 e. The number of nitrogens with two attached hydrogens (primary N) is 1. The molecular weight excluding hydrogens is 288 g/mol. The number of nitrogens with zero attached hydrogens (tertiary/aromatic N) is 3. The number of aromatic nitrogens is 2. The van der Waals surface area contributed by atoms with E-state index in [0.29, 0.717) is 11.4 Å². The molecule has 2 aromatic heterocycles. The van der Waals surface area contributed by atoms with Crippen molar-refractivity contribution in [3.8, 4) is 0 Å². The van der Waals surface area contributed by atoms with Crippen LogP contribution in [-0.4, -0.2) is 33.4 Å². The highest BCUT2D eigenvalue weighted by molar-refractivity contribution is 5.94. The Morgan fingerprint density at radius 1 is 1.22 bits per heavy atom. The van der Waals surface area contributed by atoms with Gasteiger partial charge in [0, 0.05) is 30.7 Å². The van der Waals surface area contributed by atoms with Gasteiger partial charge in [-0.1, -0.05) is 6.07 Å².